The molecule has 2 aliphatic heterocycles. The first-order chi connectivity index (χ1) is 15.7. The van der Waals surface area contributed by atoms with Crippen LogP contribution in [0, 0.1) is 5.82 Å². The van der Waals surface area contributed by atoms with Crippen molar-refractivity contribution in [3.63, 3.8) is 0 Å². The van der Waals surface area contributed by atoms with Gasteiger partial charge in [-0.25, -0.2) is 9.18 Å². The van der Waals surface area contributed by atoms with E-state index in [2.05, 4.69) is 5.32 Å². The smallest absolute Gasteiger partial charge is 0.414 e. The van der Waals surface area contributed by atoms with Gasteiger partial charge in [0.2, 0.25) is 0 Å². The van der Waals surface area contributed by atoms with Gasteiger partial charge in [-0.1, -0.05) is 29.3 Å². The molecule has 2 heterocycles. The molecule has 0 bridgehead atoms. The third-order valence-corrected chi connectivity index (χ3v) is 5.95. The van der Waals surface area contributed by atoms with E-state index in [1.54, 1.807) is 17.0 Å². The molecule has 1 aromatic carbocycles. The third-order valence-electron chi connectivity index (χ3n) is 5.56. The number of amides is 3. The number of rotatable bonds is 7. The fourth-order valence-corrected chi connectivity index (χ4v) is 3.99. The number of carbonyl (C=O) groups is 4. The molecule has 1 N–H and O–H groups in total. The summed E-state index contributed by atoms with van der Waals surface area (Å²) in [4.78, 5) is 48.3. The summed E-state index contributed by atoms with van der Waals surface area (Å²) in [6, 6.07) is 4.56. The van der Waals surface area contributed by atoms with Crippen LogP contribution in [-0.2, 0) is 23.9 Å². The van der Waals surface area contributed by atoms with Crippen LogP contribution in [0.3, 0.4) is 0 Å². The van der Waals surface area contributed by atoms with Gasteiger partial charge in [0, 0.05) is 20.0 Å². The van der Waals surface area contributed by atoms with Crippen LogP contribution in [0.5, 0.6) is 0 Å². The number of nitrogens with zero attached hydrogens (tertiary/aromatic N) is 2. The lowest BCUT2D eigenvalue weighted by molar-refractivity contribution is -0.150. The van der Waals surface area contributed by atoms with Gasteiger partial charge in [0.15, 0.2) is 11.4 Å². The van der Waals surface area contributed by atoms with Crippen molar-refractivity contribution in [2.45, 2.75) is 36.6 Å². The Balaban J connectivity index is 1.56. The third kappa shape index (κ3) is 6.48. The van der Waals surface area contributed by atoms with Gasteiger partial charge in [0.25, 0.3) is 11.8 Å². The Hall–Kier alpha value is -2.59. The number of halogens is 3. The second-order valence-corrected chi connectivity index (χ2v) is 8.90. The SMILES string of the molecule is CC(=O)OCC(=O)N1CCC(c2ccc(N3C[C@H](CNC(=O)C(Cl)Cl)OC3=O)cc2F)CC1. The van der Waals surface area contributed by atoms with Crippen LogP contribution in [0.1, 0.15) is 31.2 Å². The summed E-state index contributed by atoms with van der Waals surface area (Å²) in [5.74, 6) is -1.91. The van der Waals surface area contributed by atoms with Crippen LogP contribution in [-0.4, -0.2) is 72.5 Å². The van der Waals surface area contributed by atoms with Crippen LogP contribution >= 0.6 is 23.2 Å². The molecule has 33 heavy (non-hydrogen) atoms. The maximum Gasteiger partial charge on any atom is 0.414 e. The zero-order valence-electron chi connectivity index (χ0n) is 17.9. The van der Waals surface area contributed by atoms with Gasteiger partial charge in [-0.05, 0) is 36.5 Å². The predicted octanol–water partition coefficient (Wildman–Crippen LogP) is 2.34. The molecule has 2 saturated heterocycles. The van der Waals surface area contributed by atoms with E-state index in [0.717, 1.165) is 0 Å². The molecule has 2 aliphatic rings. The van der Waals surface area contributed by atoms with E-state index in [4.69, 9.17) is 32.7 Å². The van der Waals surface area contributed by atoms with Crippen LogP contribution in [0.15, 0.2) is 18.2 Å². The molecule has 2 fully saturated rings. The minimum Gasteiger partial charge on any atom is -0.456 e. The van der Waals surface area contributed by atoms with E-state index >= 15 is 0 Å². The highest BCUT2D eigenvalue weighted by Crippen LogP contribution is 2.32. The number of likely N-dealkylation sites (tertiary alicyclic amines) is 1. The molecular weight excluding hydrogens is 480 g/mol. The number of anilines is 1. The molecule has 0 aliphatic carbocycles. The summed E-state index contributed by atoms with van der Waals surface area (Å²) in [6.45, 7) is 1.98. The molecule has 3 rings (SSSR count). The zero-order chi connectivity index (χ0) is 24.1. The number of alkyl halides is 2. The summed E-state index contributed by atoms with van der Waals surface area (Å²) < 4.78 is 24.9. The molecule has 0 radical (unpaired) electrons. The normalized spacial score (nSPS) is 18.9. The molecule has 0 unspecified atom stereocenters. The van der Waals surface area contributed by atoms with Crippen molar-refractivity contribution in [1.29, 1.82) is 0 Å². The van der Waals surface area contributed by atoms with Crippen LogP contribution in [0.25, 0.3) is 0 Å². The lowest BCUT2D eigenvalue weighted by atomic mass is 9.89. The Bertz CT molecular complexity index is 923. The molecule has 12 heteroatoms. The first-order valence-corrected chi connectivity index (χ1v) is 11.3. The summed E-state index contributed by atoms with van der Waals surface area (Å²) in [5.41, 5.74) is 0.856. The van der Waals surface area contributed by atoms with Gasteiger partial charge in [0.05, 0.1) is 18.8 Å². The number of carbonyl (C=O) groups excluding carboxylic acids is 4. The average Bonchev–Trinajstić information content (AvgIpc) is 3.16. The Kier molecular flexibility index (Phi) is 8.36. The van der Waals surface area contributed by atoms with Crippen molar-refractivity contribution in [2.75, 3.05) is 37.7 Å². The molecule has 180 valence electrons. The molecule has 0 spiro atoms. The number of cyclic esters (lactones) is 1. The number of hydrogen-bond acceptors (Lipinski definition) is 6. The van der Waals surface area contributed by atoms with Gasteiger partial charge in [-0.3, -0.25) is 19.3 Å². The van der Waals surface area contributed by atoms with Gasteiger partial charge in [-0.15, -0.1) is 0 Å². The first kappa shape index (κ1) is 25.0. The lowest BCUT2D eigenvalue weighted by Gasteiger charge is -2.32. The van der Waals surface area contributed by atoms with Crippen LogP contribution in [0.4, 0.5) is 14.9 Å². The number of piperidine rings is 1. The van der Waals surface area contributed by atoms with E-state index in [-0.39, 0.29) is 31.5 Å². The maximum atomic E-state index is 14.9. The molecule has 0 saturated carbocycles. The number of hydrogen-bond donors (Lipinski definition) is 1. The second-order valence-electron chi connectivity index (χ2n) is 7.80. The monoisotopic (exact) mass is 503 g/mol. The van der Waals surface area contributed by atoms with Crippen molar-refractivity contribution in [2.24, 2.45) is 0 Å². The van der Waals surface area contributed by atoms with Gasteiger partial charge >= 0.3 is 12.1 Å². The van der Waals surface area contributed by atoms with Crippen molar-refractivity contribution >= 4 is 52.8 Å². The van der Waals surface area contributed by atoms with E-state index in [9.17, 15) is 23.6 Å². The highest BCUT2D eigenvalue weighted by molar-refractivity contribution is 6.53. The van der Waals surface area contributed by atoms with Crippen molar-refractivity contribution in [1.82, 2.24) is 10.2 Å². The molecular formula is C21H24Cl2FN3O6. The van der Waals surface area contributed by atoms with E-state index in [1.807, 2.05) is 0 Å². The Morgan fingerprint density at radius 2 is 1.97 bits per heavy atom. The van der Waals surface area contributed by atoms with Crippen LogP contribution < -0.4 is 10.2 Å². The Morgan fingerprint density at radius 3 is 2.58 bits per heavy atom. The fraction of sp³-hybridized carbons (Fsp3) is 0.524. The number of nitrogens with one attached hydrogen (secondary N) is 1. The number of benzene rings is 1. The molecule has 3 amide bonds. The van der Waals surface area contributed by atoms with Gasteiger partial charge in [0.1, 0.15) is 11.9 Å². The molecule has 1 atom stereocenters. The fourth-order valence-electron chi connectivity index (χ4n) is 3.84. The molecule has 0 aromatic heterocycles. The van der Waals surface area contributed by atoms with Gasteiger partial charge < -0.3 is 19.7 Å². The maximum absolute atomic E-state index is 14.9. The summed E-state index contributed by atoms with van der Waals surface area (Å²) >= 11 is 10.9. The van der Waals surface area contributed by atoms with Crippen LogP contribution in [0.2, 0.25) is 0 Å². The van der Waals surface area contributed by atoms with E-state index < -0.39 is 34.7 Å². The summed E-state index contributed by atoms with van der Waals surface area (Å²) in [6.07, 6.45) is -0.130. The van der Waals surface area contributed by atoms with Gasteiger partial charge in [-0.2, -0.15) is 0 Å². The zero-order valence-corrected chi connectivity index (χ0v) is 19.4. The number of esters is 1. The van der Waals surface area contributed by atoms with Crippen molar-refractivity contribution < 1.29 is 33.0 Å². The molecule has 9 nitrogen and oxygen atoms in total. The van der Waals surface area contributed by atoms with E-state index in [1.165, 1.54) is 17.9 Å². The standard InChI is InChI=1S/C21H24Cl2FN3O6/c1-12(28)32-11-18(29)26-6-4-13(5-7-26)16-3-2-14(8-17(16)24)27-10-15(33-21(27)31)9-25-20(30)19(22)23/h2-3,8,13,15,19H,4-7,9-11H2,1H3,(H,25,30)/t15-/m0/s1. The topological polar surface area (TPSA) is 105 Å². The van der Waals surface area contributed by atoms with Crippen molar-refractivity contribution in [3.05, 3.63) is 29.6 Å². The largest absolute Gasteiger partial charge is 0.456 e. The summed E-state index contributed by atoms with van der Waals surface area (Å²) in [7, 11) is 0. The minimum absolute atomic E-state index is 0.0341. The highest BCUT2D eigenvalue weighted by Gasteiger charge is 2.34. The Labute approximate surface area is 200 Å². The average molecular weight is 504 g/mol. The second kappa shape index (κ2) is 11.0. The lowest BCUT2D eigenvalue weighted by Crippen LogP contribution is -2.40. The predicted molar refractivity (Wildman–Crippen MR) is 118 cm³/mol. The Morgan fingerprint density at radius 1 is 1.27 bits per heavy atom. The number of ether oxygens (including phenoxy) is 2. The van der Waals surface area contributed by atoms with E-state index in [0.29, 0.717) is 37.2 Å². The highest BCUT2D eigenvalue weighted by atomic mass is 35.5. The molecule has 1 aromatic rings. The van der Waals surface area contributed by atoms with Crippen molar-refractivity contribution in [3.8, 4) is 0 Å². The first-order valence-electron chi connectivity index (χ1n) is 10.4. The quantitative estimate of drug-likeness (QED) is 0.452. The minimum atomic E-state index is -1.22. The summed E-state index contributed by atoms with van der Waals surface area (Å²) in [5, 5.41) is 2.47.